The van der Waals surface area contributed by atoms with Gasteiger partial charge in [-0.15, -0.1) is 0 Å². The number of benzene rings is 3. The van der Waals surface area contributed by atoms with Gasteiger partial charge in [-0.05, 0) is 36.4 Å². The second-order valence-electron chi connectivity index (χ2n) is 9.40. The zero-order valence-corrected chi connectivity index (χ0v) is 21.9. The average molecular weight is 515 g/mol. The average Bonchev–Trinajstić information content (AvgIpc) is 3.40. The predicted molar refractivity (Wildman–Crippen MR) is 150 cm³/mol. The van der Waals surface area contributed by atoms with E-state index in [1.807, 2.05) is 0 Å². The van der Waals surface area contributed by atoms with Crippen molar-refractivity contribution in [3.63, 3.8) is 0 Å². The van der Waals surface area contributed by atoms with E-state index >= 15 is 0 Å². The molecule has 37 heavy (non-hydrogen) atoms. The second kappa shape index (κ2) is 11.2. The van der Waals surface area contributed by atoms with Crippen LogP contribution in [0.15, 0.2) is 95.4 Å². The quantitative estimate of drug-likeness (QED) is 0.354. The Morgan fingerprint density at radius 2 is 1.08 bits per heavy atom. The van der Waals surface area contributed by atoms with Crippen molar-refractivity contribution in [3.05, 3.63) is 96.9 Å². The van der Waals surface area contributed by atoms with Gasteiger partial charge in [-0.25, -0.2) is 0 Å². The molecule has 7 heteroatoms. The van der Waals surface area contributed by atoms with Crippen molar-refractivity contribution in [1.29, 1.82) is 0 Å². The van der Waals surface area contributed by atoms with Crippen molar-refractivity contribution in [1.82, 2.24) is 9.88 Å². The molecule has 0 saturated carbocycles. The van der Waals surface area contributed by atoms with E-state index in [0.29, 0.717) is 19.8 Å². The van der Waals surface area contributed by atoms with E-state index in [-0.39, 0.29) is 0 Å². The van der Waals surface area contributed by atoms with Crippen LogP contribution in [0.25, 0.3) is 0 Å². The zero-order chi connectivity index (χ0) is 24.9. The summed E-state index contributed by atoms with van der Waals surface area (Å²) in [5.74, 6) is 1.65. The summed E-state index contributed by atoms with van der Waals surface area (Å²) < 4.78 is 18.0. The number of hydrogen-bond acceptors (Lipinski definition) is 6. The van der Waals surface area contributed by atoms with Gasteiger partial charge in [0.05, 0.1) is 33.0 Å². The van der Waals surface area contributed by atoms with Crippen LogP contribution in [0.1, 0.15) is 5.89 Å². The first-order valence-electron chi connectivity index (χ1n) is 13.0. The van der Waals surface area contributed by atoms with Gasteiger partial charge in [-0.3, -0.25) is 4.90 Å². The minimum Gasteiger partial charge on any atom is -0.419 e. The first kappa shape index (κ1) is 24.3. The molecule has 0 spiro atoms. The third-order valence-electron chi connectivity index (χ3n) is 7.15. The van der Waals surface area contributed by atoms with Gasteiger partial charge in [0, 0.05) is 26.2 Å². The van der Waals surface area contributed by atoms with Crippen LogP contribution in [0.4, 0.5) is 5.88 Å². The Kier molecular flexibility index (Phi) is 7.34. The molecule has 1 aromatic heterocycles. The molecule has 2 fully saturated rings. The molecule has 0 unspecified atom stereocenters. The fourth-order valence-corrected chi connectivity index (χ4v) is 9.55. The molecule has 0 aliphatic carbocycles. The summed E-state index contributed by atoms with van der Waals surface area (Å²) in [6.07, 6.45) is 0. The molecule has 0 amide bonds. The van der Waals surface area contributed by atoms with Crippen molar-refractivity contribution in [2.45, 2.75) is 6.54 Å². The second-order valence-corrected chi connectivity index (χ2v) is 12.7. The van der Waals surface area contributed by atoms with Gasteiger partial charge in [-0.1, -0.05) is 54.6 Å². The Bertz CT molecular complexity index is 1170. The van der Waals surface area contributed by atoms with Crippen molar-refractivity contribution in [2.24, 2.45) is 0 Å². The molecule has 0 atom stereocenters. The molecular weight excluding hydrogens is 481 g/mol. The van der Waals surface area contributed by atoms with Crippen molar-refractivity contribution in [3.8, 4) is 0 Å². The summed E-state index contributed by atoms with van der Waals surface area (Å²) in [7, 11) is -2.37. The first-order chi connectivity index (χ1) is 18.4. The van der Waals surface area contributed by atoms with Crippen LogP contribution in [0.5, 0.6) is 0 Å². The van der Waals surface area contributed by atoms with Crippen LogP contribution in [-0.2, 0) is 16.0 Å². The molecule has 0 bridgehead atoms. The molecule has 6 nitrogen and oxygen atoms in total. The maximum atomic E-state index is 6.73. The summed E-state index contributed by atoms with van der Waals surface area (Å²) in [5, 5.41) is 3.81. The number of oxazole rings is 1. The topological polar surface area (TPSA) is 51.0 Å². The summed E-state index contributed by atoms with van der Waals surface area (Å²) >= 11 is 0. The van der Waals surface area contributed by atoms with E-state index in [2.05, 4.69) is 101 Å². The Balaban J connectivity index is 1.60. The first-order valence-corrected chi connectivity index (χ1v) is 14.8. The molecule has 190 valence electrons. The summed E-state index contributed by atoms with van der Waals surface area (Å²) in [6.45, 7) is 6.91. The van der Waals surface area contributed by atoms with Gasteiger partial charge in [0.2, 0.25) is 5.89 Å². The smallest absolute Gasteiger partial charge is 0.261 e. The summed E-state index contributed by atoms with van der Waals surface area (Å²) in [4.78, 5) is 10.1. The predicted octanol–water partition coefficient (Wildman–Crippen LogP) is 2.96. The largest absolute Gasteiger partial charge is 0.419 e. The lowest BCUT2D eigenvalue weighted by Crippen LogP contribution is -2.44. The molecule has 2 aliphatic rings. The highest BCUT2D eigenvalue weighted by atomic mass is 31.2. The third-order valence-corrected chi connectivity index (χ3v) is 11.3. The van der Waals surface area contributed by atoms with Gasteiger partial charge >= 0.3 is 0 Å². The number of anilines is 1. The lowest BCUT2D eigenvalue weighted by atomic mass is 10.4. The number of nitrogens with zero attached hydrogens (tertiary/aromatic N) is 3. The Labute approximate surface area is 219 Å². The van der Waals surface area contributed by atoms with Gasteiger partial charge in [0.15, 0.2) is 7.26 Å². The Hall–Kier alpha value is -3.02. The van der Waals surface area contributed by atoms with E-state index < -0.39 is 7.26 Å². The van der Waals surface area contributed by atoms with Gasteiger partial charge in [0.1, 0.15) is 15.9 Å². The molecular formula is C30H33N3O3P+. The molecule has 2 aliphatic heterocycles. The van der Waals surface area contributed by atoms with E-state index in [9.17, 15) is 0 Å². The highest BCUT2D eigenvalue weighted by Crippen LogP contribution is 2.56. The number of hydrogen-bond donors (Lipinski definition) is 0. The fourth-order valence-electron chi connectivity index (χ4n) is 5.32. The molecule has 4 aromatic rings. The number of aromatic nitrogens is 1. The van der Waals surface area contributed by atoms with Crippen LogP contribution in [0.2, 0.25) is 0 Å². The standard InChI is InChI=1S/C30H33N3O3P/c1-4-10-25(11-5-1)37(26-12-6-2-7-13-26,27-14-8-3-9-15-27)29-30(33-18-22-35-23-19-33)36-28(31-29)24-32-16-20-34-21-17-32/h1-15H,16-24H2/q+1. The summed E-state index contributed by atoms with van der Waals surface area (Å²) in [6, 6.07) is 32.6. The van der Waals surface area contributed by atoms with E-state index in [1.54, 1.807) is 0 Å². The zero-order valence-electron chi connectivity index (χ0n) is 21.0. The van der Waals surface area contributed by atoms with Crippen molar-refractivity contribution >= 4 is 34.5 Å². The molecule has 0 radical (unpaired) electrons. The number of rotatable bonds is 7. The minimum atomic E-state index is -2.37. The van der Waals surface area contributed by atoms with Gasteiger partial charge in [-0.2, -0.15) is 4.98 Å². The van der Waals surface area contributed by atoms with Crippen LogP contribution >= 0.6 is 7.26 Å². The lowest BCUT2D eigenvalue weighted by Gasteiger charge is -2.30. The van der Waals surface area contributed by atoms with Gasteiger partial charge < -0.3 is 18.8 Å². The normalized spacial score (nSPS) is 17.1. The molecule has 3 heterocycles. The van der Waals surface area contributed by atoms with Crippen LogP contribution in [-0.4, -0.2) is 62.5 Å². The third kappa shape index (κ3) is 4.83. The highest BCUT2D eigenvalue weighted by molar-refractivity contribution is 8.01. The molecule has 6 rings (SSSR count). The van der Waals surface area contributed by atoms with Crippen LogP contribution < -0.4 is 26.2 Å². The maximum absolute atomic E-state index is 6.73. The monoisotopic (exact) mass is 514 g/mol. The molecule has 2 saturated heterocycles. The maximum Gasteiger partial charge on any atom is 0.261 e. The Morgan fingerprint density at radius 1 is 0.622 bits per heavy atom. The molecule has 3 aromatic carbocycles. The minimum absolute atomic E-state index is 0.680. The summed E-state index contributed by atoms with van der Waals surface area (Å²) in [5.41, 5.74) is 1.04. The van der Waals surface area contributed by atoms with E-state index in [4.69, 9.17) is 18.9 Å². The highest BCUT2D eigenvalue weighted by Gasteiger charge is 2.53. The van der Waals surface area contributed by atoms with Crippen molar-refractivity contribution < 1.29 is 13.9 Å². The fraction of sp³-hybridized carbons (Fsp3) is 0.300. The van der Waals surface area contributed by atoms with Gasteiger partial charge in [0.25, 0.3) is 11.3 Å². The van der Waals surface area contributed by atoms with E-state index in [0.717, 1.165) is 56.6 Å². The Morgan fingerprint density at radius 3 is 1.57 bits per heavy atom. The lowest BCUT2D eigenvalue weighted by molar-refractivity contribution is 0.0306. The van der Waals surface area contributed by atoms with Crippen molar-refractivity contribution in [2.75, 3.05) is 57.5 Å². The van der Waals surface area contributed by atoms with E-state index in [1.165, 1.54) is 15.9 Å². The van der Waals surface area contributed by atoms with Crippen LogP contribution in [0.3, 0.4) is 0 Å². The van der Waals surface area contributed by atoms with Crippen LogP contribution in [0, 0.1) is 0 Å². The number of morpholine rings is 2. The molecule has 0 N–H and O–H groups in total. The number of ether oxygens (including phenoxy) is 2. The SMILES string of the molecule is c1ccc([P+](c2ccccc2)(c2ccccc2)c2nc(CN3CCOCC3)oc2N2CCOCC2)cc1.